The van der Waals surface area contributed by atoms with Gasteiger partial charge < -0.3 is 11.1 Å². The number of hydrogen-bond donors (Lipinski definition) is 2. The molecular formula is C9H12BN2. The second-order valence-corrected chi connectivity index (χ2v) is 3.06. The van der Waals surface area contributed by atoms with Crippen LogP contribution in [0.4, 0.5) is 11.4 Å². The standard InChI is InChI=1S/C9H12BN2/c1-10-7-2-3-8(11)9-6(7)4-5-12-9/h2-3,12H,4-5,11H2,1H3. The second kappa shape index (κ2) is 2.74. The molecule has 0 bridgehead atoms. The Kier molecular flexibility index (Phi) is 1.72. The number of nitrogen functional groups attached to an aromatic ring is 1. The minimum Gasteiger partial charge on any atom is -0.397 e. The van der Waals surface area contributed by atoms with Crippen LogP contribution in [-0.4, -0.2) is 13.8 Å². The van der Waals surface area contributed by atoms with Crippen LogP contribution in [0, 0.1) is 0 Å². The van der Waals surface area contributed by atoms with Gasteiger partial charge in [-0.25, -0.2) is 0 Å². The number of benzene rings is 1. The first kappa shape index (κ1) is 7.53. The van der Waals surface area contributed by atoms with Crippen molar-refractivity contribution in [3.63, 3.8) is 0 Å². The predicted molar refractivity (Wildman–Crippen MR) is 54.3 cm³/mol. The molecular weight excluding hydrogens is 147 g/mol. The molecule has 0 aliphatic carbocycles. The van der Waals surface area contributed by atoms with Gasteiger partial charge in [-0.3, -0.25) is 0 Å². The summed E-state index contributed by atoms with van der Waals surface area (Å²) in [5.41, 5.74) is 10.5. The van der Waals surface area contributed by atoms with Crippen molar-refractivity contribution in [2.24, 2.45) is 0 Å². The SMILES string of the molecule is C[B]c1ccc(N)c2c1CCN2. The zero-order valence-corrected chi connectivity index (χ0v) is 7.22. The Morgan fingerprint density at radius 1 is 1.50 bits per heavy atom. The van der Waals surface area contributed by atoms with Gasteiger partial charge in [-0.2, -0.15) is 0 Å². The normalized spacial score (nSPS) is 13.8. The maximum atomic E-state index is 5.82. The highest BCUT2D eigenvalue weighted by Gasteiger charge is 2.15. The van der Waals surface area contributed by atoms with Crippen LogP contribution in [0.1, 0.15) is 5.56 Å². The van der Waals surface area contributed by atoms with Gasteiger partial charge in [-0.05, 0) is 18.1 Å². The van der Waals surface area contributed by atoms with Crippen molar-refractivity contribution < 1.29 is 0 Å². The van der Waals surface area contributed by atoms with E-state index < -0.39 is 0 Å². The molecule has 12 heavy (non-hydrogen) atoms. The van der Waals surface area contributed by atoms with E-state index in [4.69, 9.17) is 5.73 Å². The maximum absolute atomic E-state index is 5.82. The van der Waals surface area contributed by atoms with Gasteiger partial charge in [0, 0.05) is 6.54 Å². The Morgan fingerprint density at radius 3 is 3.08 bits per heavy atom. The molecule has 1 aliphatic rings. The first-order chi connectivity index (χ1) is 5.83. The summed E-state index contributed by atoms with van der Waals surface area (Å²) >= 11 is 0. The van der Waals surface area contributed by atoms with Crippen molar-refractivity contribution in [1.29, 1.82) is 0 Å². The molecule has 0 fully saturated rings. The smallest absolute Gasteiger partial charge is 0.148 e. The molecule has 0 aromatic heterocycles. The first-order valence-corrected chi connectivity index (χ1v) is 4.27. The third-order valence-corrected chi connectivity index (χ3v) is 2.37. The van der Waals surface area contributed by atoms with Gasteiger partial charge in [0.1, 0.15) is 7.28 Å². The summed E-state index contributed by atoms with van der Waals surface area (Å²) in [6.07, 6.45) is 1.10. The molecule has 0 unspecified atom stereocenters. The van der Waals surface area contributed by atoms with E-state index in [9.17, 15) is 0 Å². The van der Waals surface area contributed by atoms with Gasteiger partial charge in [0.25, 0.3) is 0 Å². The van der Waals surface area contributed by atoms with Crippen molar-refractivity contribution in [2.75, 3.05) is 17.6 Å². The van der Waals surface area contributed by atoms with E-state index in [-0.39, 0.29) is 0 Å². The molecule has 3 N–H and O–H groups in total. The lowest BCUT2D eigenvalue weighted by atomic mass is 9.70. The summed E-state index contributed by atoms with van der Waals surface area (Å²) < 4.78 is 0. The topological polar surface area (TPSA) is 38.0 Å². The highest BCUT2D eigenvalue weighted by molar-refractivity contribution is 6.53. The highest BCUT2D eigenvalue weighted by atomic mass is 14.9. The minimum atomic E-state index is 0.869. The van der Waals surface area contributed by atoms with E-state index in [2.05, 4.69) is 25.5 Å². The fraction of sp³-hybridized carbons (Fsp3) is 0.333. The average Bonchev–Trinajstić information content (AvgIpc) is 2.54. The number of nitrogens with two attached hydrogens (primary N) is 1. The molecule has 61 valence electrons. The molecule has 0 amide bonds. The second-order valence-electron chi connectivity index (χ2n) is 3.06. The van der Waals surface area contributed by atoms with E-state index in [1.165, 1.54) is 11.0 Å². The molecule has 0 spiro atoms. The highest BCUT2D eigenvalue weighted by Crippen LogP contribution is 2.26. The van der Waals surface area contributed by atoms with Gasteiger partial charge >= 0.3 is 0 Å². The number of nitrogens with one attached hydrogen (secondary N) is 1. The first-order valence-electron chi connectivity index (χ1n) is 4.27. The van der Waals surface area contributed by atoms with Crippen molar-refractivity contribution in [2.45, 2.75) is 13.2 Å². The summed E-state index contributed by atoms with van der Waals surface area (Å²) in [5, 5.41) is 3.30. The Bertz CT molecular complexity index is 310. The van der Waals surface area contributed by atoms with Gasteiger partial charge in [-0.15, -0.1) is 0 Å². The van der Waals surface area contributed by atoms with Crippen molar-refractivity contribution in [1.82, 2.24) is 0 Å². The van der Waals surface area contributed by atoms with Crippen LogP contribution in [0.2, 0.25) is 6.82 Å². The number of rotatable bonds is 1. The molecule has 2 nitrogen and oxygen atoms in total. The third kappa shape index (κ3) is 0.968. The molecule has 1 heterocycles. The Morgan fingerprint density at radius 2 is 2.33 bits per heavy atom. The number of hydrogen-bond acceptors (Lipinski definition) is 2. The molecule has 1 radical (unpaired) electrons. The predicted octanol–water partition coefficient (Wildman–Crippen LogP) is 0.614. The fourth-order valence-electron chi connectivity index (χ4n) is 1.74. The molecule has 1 aliphatic heterocycles. The Hall–Kier alpha value is -1.12. The van der Waals surface area contributed by atoms with E-state index in [1.54, 1.807) is 0 Å². The lowest BCUT2D eigenvalue weighted by Gasteiger charge is -2.07. The zero-order valence-electron chi connectivity index (χ0n) is 7.22. The molecule has 2 rings (SSSR count). The summed E-state index contributed by atoms with van der Waals surface area (Å²) in [6, 6.07) is 4.05. The summed E-state index contributed by atoms with van der Waals surface area (Å²) in [4.78, 5) is 0. The zero-order chi connectivity index (χ0) is 8.55. The molecule has 0 atom stereocenters. The summed E-state index contributed by atoms with van der Waals surface area (Å²) in [7, 11) is 2.13. The Labute approximate surface area is 73.4 Å². The number of anilines is 2. The summed E-state index contributed by atoms with van der Waals surface area (Å²) in [5.74, 6) is 0. The average molecular weight is 159 g/mol. The quantitative estimate of drug-likeness (QED) is 0.465. The van der Waals surface area contributed by atoms with Crippen LogP contribution in [0.25, 0.3) is 0 Å². The van der Waals surface area contributed by atoms with Crippen molar-refractivity contribution >= 4 is 24.1 Å². The Balaban J connectivity index is 2.57. The van der Waals surface area contributed by atoms with Crippen LogP contribution >= 0.6 is 0 Å². The monoisotopic (exact) mass is 159 g/mol. The number of fused-ring (bicyclic) bond motifs is 1. The van der Waals surface area contributed by atoms with Crippen LogP contribution in [0.15, 0.2) is 12.1 Å². The summed E-state index contributed by atoms with van der Waals surface area (Å²) in [6.45, 7) is 3.08. The van der Waals surface area contributed by atoms with E-state index in [0.29, 0.717) is 0 Å². The molecule has 3 heteroatoms. The minimum absolute atomic E-state index is 0.869. The van der Waals surface area contributed by atoms with Crippen LogP contribution in [0.3, 0.4) is 0 Å². The molecule has 0 saturated carbocycles. The van der Waals surface area contributed by atoms with Gasteiger partial charge in [-0.1, -0.05) is 18.4 Å². The molecule has 1 aromatic rings. The van der Waals surface area contributed by atoms with Crippen LogP contribution in [0.5, 0.6) is 0 Å². The third-order valence-electron chi connectivity index (χ3n) is 2.37. The van der Waals surface area contributed by atoms with Crippen molar-refractivity contribution in [3.05, 3.63) is 17.7 Å². The van der Waals surface area contributed by atoms with Crippen LogP contribution in [-0.2, 0) is 6.42 Å². The van der Waals surface area contributed by atoms with Gasteiger partial charge in [0.2, 0.25) is 0 Å². The van der Waals surface area contributed by atoms with Crippen molar-refractivity contribution in [3.8, 4) is 0 Å². The van der Waals surface area contributed by atoms with E-state index >= 15 is 0 Å². The maximum Gasteiger partial charge on any atom is 0.148 e. The van der Waals surface area contributed by atoms with Crippen LogP contribution < -0.4 is 16.5 Å². The molecule has 0 saturated heterocycles. The van der Waals surface area contributed by atoms with E-state index in [0.717, 1.165) is 24.3 Å². The van der Waals surface area contributed by atoms with Gasteiger partial charge in [0.15, 0.2) is 0 Å². The van der Waals surface area contributed by atoms with E-state index in [1.807, 2.05) is 6.07 Å². The van der Waals surface area contributed by atoms with Gasteiger partial charge in [0.05, 0.1) is 11.4 Å². The largest absolute Gasteiger partial charge is 0.397 e. The lowest BCUT2D eigenvalue weighted by molar-refractivity contribution is 1.11. The lowest BCUT2D eigenvalue weighted by Crippen LogP contribution is -2.16. The fourth-order valence-corrected chi connectivity index (χ4v) is 1.74. The molecule has 1 aromatic carbocycles.